The lowest BCUT2D eigenvalue weighted by atomic mass is 9.77. The molecule has 1 aromatic carbocycles. The van der Waals surface area contributed by atoms with Crippen molar-refractivity contribution in [3.8, 4) is 0 Å². The van der Waals surface area contributed by atoms with Crippen molar-refractivity contribution in [2.75, 3.05) is 12.4 Å². The third-order valence-electron chi connectivity index (χ3n) is 3.72. The molecule has 3 N–H and O–H groups in total. The Hall–Kier alpha value is -1.51. The van der Waals surface area contributed by atoms with Gasteiger partial charge in [0.25, 0.3) is 0 Å². The summed E-state index contributed by atoms with van der Waals surface area (Å²) in [5.41, 5.74) is -0.542. The van der Waals surface area contributed by atoms with Crippen molar-refractivity contribution in [1.29, 1.82) is 0 Å². The normalized spacial score (nSPS) is 17.1. The first kappa shape index (κ1) is 15.9. The molecule has 0 heterocycles. The highest BCUT2D eigenvalue weighted by Crippen LogP contribution is 2.38. The third kappa shape index (κ3) is 3.58. The van der Waals surface area contributed by atoms with E-state index in [9.17, 15) is 17.6 Å². The maximum atomic E-state index is 13.8. The fourth-order valence-electron chi connectivity index (χ4n) is 2.29. The molecule has 6 nitrogen and oxygen atoms in total. The van der Waals surface area contributed by atoms with Gasteiger partial charge in [0.1, 0.15) is 5.82 Å². The molecule has 0 saturated heterocycles. The molecule has 0 spiro atoms. The lowest BCUT2D eigenvalue weighted by Gasteiger charge is -2.39. The van der Waals surface area contributed by atoms with Crippen LogP contribution in [-0.4, -0.2) is 27.0 Å². The van der Waals surface area contributed by atoms with Crippen molar-refractivity contribution < 1.29 is 22.3 Å². The minimum absolute atomic E-state index is 0.0852. The second-order valence-electron chi connectivity index (χ2n) is 5.15. The number of nitrogens with one attached hydrogen (secondary N) is 1. The van der Waals surface area contributed by atoms with E-state index in [1.165, 1.54) is 6.07 Å². The van der Waals surface area contributed by atoms with Crippen LogP contribution in [0.2, 0.25) is 0 Å². The van der Waals surface area contributed by atoms with Gasteiger partial charge in [0, 0.05) is 7.11 Å². The summed E-state index contributed by atoms with van der Waals surface area (Å²) in [6, 6.07) is 3.09. The molecule has 21 heavy (non-hydrogen) atoms. The smallest absolute Gasteiger partial charge is 0.238 e. The van der Waals surface area contributed by atoms with Gasteiger partial charge in [0.05, 0.1) is 22.6 Å². The van der Waals surface area contributed by atoms with E-state index in [0.717, 1.165) is 31.4 Å². The number of sulfonamides is 1. The molecule has 0 atom stereocenters. The van der Waals surface area contributed by atoms with Crippen LogP contribution in [0, 0.1) is 5.82 Å². The highest BCUT2D eigenvalue weighted by molar-refractivity contribution is 7.89. The molecule has 1 aliphatic rings. The van der Waals surface area contributed by atoms with Gasteiger partial charge in [0.15, 0.2) is 0 Å². The fraction of sp³-hybridized carbons (Fsp3) is 0.462. The van der Waals surface area contributed by atoms with Crippen LogP contribution in [0.4, 0.5) is 10.1 Å². The average Bonchev–Trinajstić information content (AvgIpc) is 2.35. The van der Waals surface area contributed by atoms with E-state index >= 15 is 0 Å². The summed E-state index contributed by atoms with van der Waals surface area (Å²) in [5.74, 6) is -1.23. The molecule has 1 amide bonds. The first-order chi connectivity index (χ1) is 9.76. The van der Waals surface area contributed by atoms with Crippen LogP contribution in [0.5, 0.6) is 0 Å². The van der Waals surface area contributed by atoms with Crippen molar-refractivity contribution >= 4 is 21.6 Å². The first-order valence-corrected chi connectivity index (χ1v) is 7.98. The van der Waals surface area contributed by atoms with E-state index in [1.807, 2.05) is 0 Å². The number of nitrogens with two attached hydrogens (primary N) is 1. The zero-order valence-corrected chi connectivity index (χ0v) is 12.4. The number of anilines is 1. The van der Waals surface area contributed by atoms with Gasteiger partial charge in [-0.2, -0.15) is 0 Å². The largest absolute Gasteiger partial charge is 0.378 e. The Bertz CT molecular complexity index is 651. The number of primary sulfonamides is 1. The van der Waals surface area contributed by atoms with Gasteiger partial charge in [-0.05, 0) is 37.5 Å². The van der Waals surface area contributed by atoms with E-state index in [4.69, 9.17) is 9.88 Å². The zero-order valence-electron chi connectivity index (χ0n) is 11.6. The van der Waals surface area contributed by atoms with Gasteiger partial charge in [-0.1, -0.05) is 0 Å². The molecule has 1 saturated carbocycles. The number of hydrogen-bond donors (Lipinski definition) is 2. The van der Waals surface area contributed by atoms with Crippen LogP contribution in [0.1, 0.15) is 25.7 Å². The Morgan fingerprint density at radius 2 is 2.14 bits per heavy atom. The molecular weight excluding hydrogens is 299 g/mol. The second-order valence-corrected chi connectivity index (χ2v) is 6.71. The van der Waals surface area contributed by atoms with Gasteiger partial charge < -0.3 is 10.1 Å². The van der Waals surface area contributed by atoms with Gasteiger partial charge in [0.2, 0.25) is 15.9 Å². The Balaban J connectivity index is 2.08. The van der Waals surface area contributed by atoms with Crippen LogP contribution in [0.3, 0.4) is 0 Å². The number of amides is 1. The number of hydrogen-bond acceptors (Lipinski definition) is 4. The molecule has 0 radical (unpaired) electrons. The highest BCUT2D eigenvalue weighted by Gasteiger charge is 2.39. The van der Waals surface area contributed by atoms with E-state index < -0.39 is 21.4 Å². The standard InChI is InChI=1S/C13H17FN2O4S/c1-20-13(5-2-6-13)8-12(17)16-11-4-3-9(7-10(11)14)21(15,18)19/h3-4,7H,2,5-6,8H2,1H3,(H,16,17)(H2,15,18,19). The number of carbonyl (C=O) groups is 1. The Labute approximate surface area is 122 Å². The first-order valence-electron chi connectivity index (χ1n) is 6.43. The van der Waals surface area contributed by atoms with Crippen LogP contribution in [-0.2, 0) is 19.6 Å². The number of carbonyl (C=O) groups excluding carboxylic acids is 1. The predicted molar refractivity (Wildman–Crippen MR) is 74.6 cm³/mol. The summed E-state index contributed by atoms with van der Waals surface area (Å²) >= 11 is 0. The van der Waals surface area contributed by atoms with Crippen LogP contribution >= 0.6 is 0 Å². The van der Waals surface area contributed by atoms with Gasteiger partial charge in [-0.25, -0.2) is 17.9 Å². The van der Waals surface area contributed by atoms with Crippen molar-refractivity contribution in [2.45, 2.75) is 36.2 Å². The summed E-state index contributed by atoms with van der Waals surface area (Å²) in [4.78, 5) is 11.6. The second kappa shape index (κ2) is 5.70. The van der Waals surface area contributed by atoms with Gasteiger partial charge in [-0.15, -0.1) is 0 Å². The van der Waals surface area contributed by atoms with E-state index in [-0.39, 0.29) is 22.9 Å². The Morgan fingerprint density at radius 3 is 2.57 bits per heavy atom. The number of ether oxygens (including phenoxy) is 1. The monoisotopic (exact) mass is 316 g/mol. The Kier molecular flexibility index (Phi) is 4.31. The summed E-state index contributed by atoms with van der Waals surface area (Å²) in [6.07, 6.45) is 2.73. The van der Waals surface area contributed by atoms with Crippen molar-refractivity contribution in [1.82, 2.24) is 0 Å². The molecule has 0 bridgehead atoms. The van der Waals surface area contributed by atoms with Crippen molar-refractivity contribution in [3.63, 3.8) is 0 Å². The summed E-state index contributed by atoms with van der Waals surface area (Å²) in [5, 5.41) is 7.32. The predicted octanol–water partition coefficient (Wildman–Crippen LogP) is 1.37. The fourth-order valence-corrected chi connectivity index (χ4v) is 2.81. The summed E-state index contributed by atoms with van der Waals surface area (Å²) in [7, 11) is -2.42. The van der Waals surface area contributed by atoms with Crippen LogP contribution in [0.25, 0.3) is 0 Å². The van der Waals surface area contributed by atoms with E-state index in [0.29, 0.717) is 0 Å². The maximum Gasteiger partial charge on any atom is 0.238 e. The number of benzene rings is 1. The third-order valence-corrected chi connectivity index (χ3v) is 4.63. The minimum Gasteiger partial charge on any atom is -0.378 e. The minimum atomic E-state index is -3.97. The molecule has 8 heteroatoms. The van der Waals surface area contributed by atoms with E-state index in [2.05, 4.69) is 5.32 Å². The molecular formula is C13H17FN2O4S. The van der Waals surface area contributed by atoms with Crippen LogP contribution < -0.4 is 10.5 Å². The van der Waals surface area contributed by atoms with Crippen molar-refractivity contribution in [3.05, 3.63) is 24.0 Å². The lowest BCUT2D eigenvalue weighted by Crippen LogP contribution is -2.42. The highest BCUT2D eigenvalue weighted by atomic mass is 32.2. The Morgan fingerprint density at radius 1 is 1.48 bits per heavy atom. The molecule has 2 rings (SSSR count). The summed E-state index contributed by atoms with van der Waals surface area (Å²) in [6.45, 7) is 0. The van der Waals surface area contributed by atoms with Gasteiger partial charge >= 0.3 is 0 Å². The molecule has 1 aromatic rings. The maximum absolute atomic E-state index is 13.8. The number of rotatable bonds is 5. The van der Waals surface area contributed by atoms with Crippen LogP contribution in [0.15, 0.2) is 23.1 Å². The topological polar surface area (TPSA) is 98.5 Å². The molecule has 0 unspecified atom stereocenters. The molecule has 116 valence electrons. The average molecular weight is 316 g/mol. The number of methoxy groups -OCH3 is 1. The molecule has 0 aliphatic heterocycles. The zero-order chi connectivity index (χ0) is 15.7. The molecule has 0 aromatic heterocycles. The number of halogens is 1. The van der Waals surface area contributed by atoms with E-state index in [1.54, 1.807) is 7.11 Å². The summed E-state index contributed by atoms with van der Waals surface area (Å²) < 4.78 is 41.3. The quantitative estimate of drug-likeness (QED) is 0.857. The molecule has 1 aliphatic carbocycles. The SMILES string of the molecule is COC1(CC(=O)Nc2ccc(S(N)(=O)=O)cc2F)CCC1. The van der Waals surface area contributed by atoms with Gasteiger partial charge in [-0.3, -0.25) is 4.79 Å². The molecule has 1 fully saturated rings. The van der Waals surface area contributed by atoms with Crippen molar-refractivity contribution in [2.24, 2.45) is 5.14 Å². The lowest BCUT2D eigenvalue weighted by molar-refractivity contribution is -0.129.